The number of hydrogen-bond donors (Lipinski definition) is 0. The van der Waals surface area contributed by atoms with Gasteiger partial charge in [0.25, 0.3) is 0 Å². The van der Waals surface area contributed by atoms with Crippen molar-refractivity contribution in [3.8, 4) is 5.75 Å². The Hall–Kier alpha value is -1.35. The number of benzene rings is 1. The highest BCUT2D eigenvalue weighted by Gasteiger charge is 2.25. The summed E-state index contributed by atoms with van der Waals surface area (Å²) in [7, 11) is 0. The summed E-state index contributed by atoms with van der Waals surface area (Å²) in [6.45, 7) is 6.03. The summed E-state index contributed by atoms with van der Waals surface area (Å²) in [4.78, 5) is 11.5. The Bertz CT molecular complexity index is 414. The Labute approximate surface area is 114 Å². The number of ether oxygens (including phenoxy) is 2. The molecule has 1 aliphatic heterocycles. The molecule has 3 nitrogen and oxygen atoms in total. The topological polar surface area (TPSA) is 35.5 Å². The molecule has 2 unspecified atom stereocenters. The molecule has 0 saturated carbocycles. The van der Waals surface area contributed by atoms with Crippen LogP contribution in [0.4, 0.5) is 0 Å². The van der Waals surface area contributed by atoms with Gasteiger partial charge in [-0.1, -0.05) is 6.92 Å². The van der Waals surface area contributed by atoms with E-state index in [1.165, 1.54) is 0 Å². The predicted molar refractivity (Wildman–Crippen MR) is 74.7 cm³/mol. The molecular formula is C16H22O3. The monoisotopic (exact) mass is 262 g/mol. The average Bonchev–Trinajstić information content (AvgIpc) is 2.37. The second kappa shape index (κ2) is 6.20. The first-order valence-electron chi connectivity index (χ1n) is 7.04. The number of Topliss-reactive ketones (excluding diaryl/α,β-unsaturated/α-hetero) is 1. The molecule has 0 radical (unpaired) electrons. The molecule has 1 saturated heterocycles. The zero-order valence-electron chi connectivity index (χ0n) is 11.9. The Morgan fingerprint density at radius 3 is 2.32 bits per heavy atom. The Balaban J connectivity index is 1.97. The number of rotatable bonds is 4. The number of carbonyl (C=O) groups is 1. The largest absolute Gasteiger partial charge is 0.490 e. The van der Waals surface area contributed by atoms with Crippen LogP contribution in [0, 0.1) is 0 Å². The second-order valence-corrected chi connectivity index (χ2v) is 5.27. The van der Waals surface area contributed by atoms with Crippen LogP contribution in [0.5, 0.6) is 5.75 Å². The van der Waals surface area contributed by atoms with Gasteiger partial charge in [-0.2, -0.15) is 0 Å². The lowest BCUT2D eigenvalue weighted by atomic mass is 10.0. The molecule has 2 atom stereocenters. The molecule has 0 N–H and O–H groups in total. The molecule has 0 spiro atoms. The first-order chi connectivity index (χ1) is 9.08. The van der Waals surface area contributed by atoms with E-state index in [1.807, 2.05) is 31.2 Å². The van der Waals surface area contributed by atoms with Crippen molar-refractivity contribution in [2.75, 3.05) is 0 Å². The molecule has 19 heavy (non-hydrogen) atoms. The van der Waals surface area contributed by atoms with Crippen LogP contribution in [0.3, 0.4) is 0 Å². The predicted octanol–water partition coefficient (Wildman–Crippen LogP) is 3.61. The summed E-state index contributed by atoms with van der Waals surface area (Å²) >= 11 is 0. The fraction of sp³-hybridized carbons (Fsp3) is 0.562. The molecule has 0 aromatic heterocycles. The molecule has 1 heterocycles. The van der Waals surface area contributed by atoms with E-state index in [0.717, 1.165) is 24.2 Å². The zero-order chi connectivity index (χ0) is 13.8. The van der Waals surface area contributed by atoms with Crippen LogP contribution in [0.1, 0.15) is 50.4 Å². The smallest absolute Gasteiger partial charge is 0.162 e. The molecule has 1 aromatic rings. The molecule has 2 rings (SSSR count). The maximum Gasteiger partial charge on any atom is 0.162 e. The lowest BCUT2D eigenvalue weighted by Gasteiger charge is -2.32. The third kappa shape index (κ3) is 3.80. The highest BCUT2D eigenvalue weighted by molar-refractivity contribution is 5.95. The molecule has 0 amide bonds. The average molecular weight is 262 g/mol. The Kier molecular flexibility index (Phi) is 4.59. The van der Waals surface area contributed by atoms with Gasteiger partial charge in [0.1, 0.15) is 11.9 Å². The first-order valence-corrected chi connectivity index (χ1v) is 7.04. The number of ketones is 1. The van der Waals surface area contributed by atoms with E-state index in [9.17, 15) is 4.79 Å². The van der Waals surface area contributed by atoms with E-state index >= 15 is 0 Å². The minimum Gasteiger partial charge on any atom is -0.490 e. The van der Waals surface area contributed by atoms with Crippen molar-refractivity contribution in [1.82, 2.24) is 0 Å². The molecule has 1 aromatic carbocycles. The molecule has 1 aliphatic rings. The van der Waals surface area contributed by atoms with Crippen molar-refractivity contribution in [3.63, 3.8) is 0 Å². The van der Waals surface area contributed by atoms with Crippen LogP contribution in [0.2, 0.25) is 0 Å². The third-order valence-electron chi connectivity index (χ3n) is 3.45. The van der Waals surface area contributed by atoms with Crippen LogP contribution >= 0.6 is 0 Å². The van der Waals surface area contributed by atoms with Gasteiger partial charge < -0.3 is 9.47 Å². The summed E-state index contributed by atoms with van der Waals surface area (Å²) in [6, 6.07) is 7.45. The van der Waals surface area contributed by atoms with Gasteiger partial charge in [0.05, 0.1) is 12.2 Å². The molecule has 1 fully saturated rings. The van der Waals surface area contributed by atoms with Crippen LogP contribution in [0.15, 0.2) is 24.3 Å². The van der Waals surface area contributed by atoms with E-state index in [2.05, 4.69) is 13.8 Å². The third-order valence-corrected chi connectivity index (χ3v) is 3.45. The minimum atomic E-state index is 0.167. The van der Waals surface area contributed by atoms with Crippen molar-refractivity contribution >= 4 is 5.78 Å². The normalized spacial score (nSPS) is 27.0. The van der Waals surface area contributed by atoms with Gasteiger partial charge in [0.15, 0.2) is 5.78 Å². The summed E-state index contributed by atoms with van der Waals surface area (Å²) in [5.74, 6) is 0.999. The van der Waals surface area contributed by atoms with Crippen LogP contribution < -0.4 is 4.74 Å². The summed E-state index contributed by atoms with van der Waals surface area (Å²) in [5.41, 5.74) is 0.753. The van der Waals surface area contributed by atoms with Crippen molar-refractivity contribution in [2.24, 2.45) is 0 Å². The van der Waals surface area contributed by atoms with E-state index in [1.54, 1.807) is 0 Å². The fourth-order valence-corrected chi connectivity index (χ4v) is 2.56. The molecular weight excluding hydrogens is 240 g/mol. The highest BCUT2D eigenvalue weighted by atomic mass is 16.5. The van der Waals surface area contributed by atoms with Gasteiger partial charge in [-0.05, 0) is 38.1 Å². The summed E-state index contributed by atoms with van der Waals surface area (Å²) in [5, 5.41) is 0. The Morgan fingerprint density at radius 2 is 1.79 bits per heavy atom. The van der Waals surface area contributed by atoms with Crippen LogP contribution in [0.25, 0.3) is 0 Å². The fourth-order valence-electron chi connectivity index (χ4n) is 2.56. The quantitative estimate of drug-likeness (QED) is 0.777. The maximum absolute atomic E-state index is 11.5. The SMILES string of the molecule is CCC(=O)c1ccc(OC2CC(C)OC(C)C2)cc1. The van der Waals surface area contributed by atoms with Gasteiger partial charge in [-0.25, -0.2) is 0 Å². The summed E-state index contributed by atoms with van der Waals surface area (Å²) in [6.07, 6.45) is 3.06. The molecule has 0 bridgehead atoms. The zero-order valence-corrected chi connectivity index (χ0v) is 11.9. The van der Waals surface area contributed by atoms with Gasteiger partial charge >= 0.3 is 0 Å². The van der Waals surface area contributed by atoms with Crippen molar-refractivity contribution in [1.29, 1.82) is 0 Å². The minimum absolute atomic E-state index is 0.167. The summed E-state index contributed by atoms with van der Waals surface area (Å²) < 4.78 is 11.7. The maximum atomic E-state index is 11.5. The molecule has 104 valence electrons. The Morgan fingerprint density at radius 1 is 1.21 bits per heavy atom. The lowest BCUT2D eigenvalue weighted by molar-refractivity contribution is -0.0721. The van der Waals surface area contributed by atoms with Crippen molar-refractivity contribution in [2.45, 2.75) is 58.3 Å². The second-order valence-electron chi connectivity index (χ2n) is 5.27. The number of hydrogen-bond acceptors (Lipinski definition) is 3. The van der Waals surface area contributed by atoms with Gasteiger partial charge in [0.2, 0.25) is 0 Å². The first kappa shape index (κ1) is 14.1. The standard InChI is InChI=1S/C16H22O3/c1-4-16(17)13-5-7-14(8-6-13)19-15-9-11(2)18-12(3)10-15/h5-8,11-12,15H,4,9-10H2,1-3H3. The lowest BCUT2D eigenvalue weighted by Crippen LogP contribution is -2.35. The van der Waals surface area contributed by atoms with E-state index < -0.39 is 0 Å². The van der Waals surface area contributed by atoms with E-state index in [-0.39, 0.29) is 24.1 Å². The van der Waals surface area contributed by atoms with Crippen LogP contribution in [-0.4, -0.2) is 24.1 Å². The van der Waals surface area contributed by atoms with Crippen LogP contribution in [-0.2, 0) is 4.74 Å². The van der Waals surface area contributed by atoms with Gasteiger partial charge in [-0.3, -0.25) is 4.79 Å². The molecule has 0 aliphatic carbocycles. The number of carbonyl (C=O) groups excluding carboxylic acids is 1. The van der Waals surface area contributed by atoms with E-state index in [4.69, 9.17) is 9.47 Å². The molecule has 3 heteroatoms. The van der Waals surface area contributed by atoms with Gasteiger partial charge in [0, 0.05) is 24.8 Å². The van der Waals surface area contributed by atoms with Crippen molar-refractivity contribution < 1.29 is 14.3 Å². The van der Waals surface area contributed by atoms with Crippen molar-refractivity contribution in [3.05, 3.63) is 29.8 Å². The van der Waals surface area contributed by atoms with Gasteiger partial charge in [-0.15, -0.1) is 0 Å². The van der Waals surface area contributed by atoms with E-state index in [0.29, 0.717) is 6.42 Å². The highest BCUT2D eigenvalue weighted by Crippen LogP contribution is 2.24.